The third-order valence-electron chi connectivity index (χ3n) is 4.81. The van der Waals surface area contributed by atoms with Gasteiger partial charge in [0.1, 0.15) is 0 Å². The van der Waals surface area contributed by atoms with Crippen LogP contribution in [0, 0.1) is 0 Å². The Kier molecular flexibility index (Phi) is 6.24. The molecule has 0 saturated carbocycles. The Morgan fingerprint density at radius 3 is 2.48 bits per heavy atom. The smallest absolute Gasteiger partial charge is 0.243 e. The van der Waals surface area contributed by atoms with Crippen LogP contribution in [0.4, 0.5) is 5.69 Å². The first-order valence-electron chi connectivity index (χ1n) is 9.42. The first-order chi connectivity index (χ1) is 14.0. The molecule has 1 fully saturated rings. The van der Waals surface area contributed by atoms with E-state index in [1.807, 2.05) is 24.3 Å². The number of hydrogen-bond donors (Lipinski definition) is 1. The number of benzene rings is 2. The highest BCUT2D eigenvalue weighted by atomic mass is 35.5. The summed E-state index contributed by atoms with van der Waals surface area (Å²) in [5.41, 5.74) is 5.47. The summed E-state index contributed by atoms with van der Waals surface area (Å²) in [7, 11) is -3.41. The van der Waals surface area contributed by atoms with Crippen molar-refractivity contribution in [2.45, 2.75) is 24.2 Å². The maximum absolute atomic E-state index is 12.8. The van der Waals surface area contributed by atoms with Gasteiger partial charge < -0.3 is 0 Å². The van der Waals surface area contributed by atoms with E-state index in [1.54, 1.807) is 28.6 Å². The Bertz CT molecular complexity index is 1050. The SMILES string of the molecule is O=S(=O)(c1ccc(C2=NNC(=Nc3cccc(Cl)c3)SC2)cc1)N1CCCCC1. The molecule has 0 bridgehead atoms. The van der Waals surface area contributed by atoms with Gasteiger partial charge in [0.2, 0.25) is 10.0 Å². The van der Waals surface area contributed by atoms with E-state index < -0.39 is 10.0 Å². The van der Waals surface area contributed by atoms with E-state index in [0.29, 0.717) is 33.9 Å². The second kappa shape index (κ2) is 8.87. The highest BCUT2D eigenvalue weighted by Crippen LogP contribution is 2.23. The molecule has 2 aromatic rings. The van der Waals surface area contributed by atoms with Crippen molar-refractivity contribution in [2.24, 2.45) is 10.1 Å². The molecular formula is C20H21ClN4O2S2. The molecule has 0 amide bonds. The largest absolute Gasteiger partial charge is 0.255 e. The Hall–Kier alpha value is -1.87. The van der Waals surface area contributed by atoms with Crippen molar-refractivity contribution in [3.8, 4) is 0 Å². The molecule has 6 nitrogen and oxygen atoms in total. The number of thioether (sulfide) groups is 1. The lowest BCUT2D eigenvalue weighted by molar-refractivity contribution is 0.346. The highest BCUT2D eigenvalue weighted by Gasteiger charge is 2.26. The Balaban J connectivity index is 1.46. The van der Waals surface area contributed by atoms with Crippen LogP contribution in [0.5, 0.6) is 0 Å². The lowest BCUT2D eigenvalue weighted by Crippen LogP contribution is -2.35. The lowest BCUT2D eigenvalue weighted by atomic mass is 10.1. The molecule has 2 aliphatic rings. The molecule has 1 saturated heterocycles. The summed E-state index contributed by atoms with van der Waals surface area (Å²) in [5.74, 6) is 0.643. The van der Waals surface area contributed by atoms with Crippen LogP contribution in [0.25, 0.3) is 0 Å². The van der Waals surface area contributed by atoms with E-state index in [-0.39, 0.29) is 0 Å². The molecule has 4 rings (SSSR count). The molecule has 0 atom stereocenters. The summed E-state index contributed by atoms with van der Waals surface area (Å²) < 4.78 is 27.1. The van der Waals surface area contributed by atoms with Crippen LogP contribution in [0.2, 0.25) is 5.02 Å². The molecule has 0 unspecified atom stereocenters. The number of rotatable bonds is 4. The zero-order chi connectivity index (χ0) is 20.3. The van der Waals surface area contributed by atoms with Crippen LogP contribution in [-0.4, -0.2) is 42.4 Å². The summed E-state index contributed by atoms with van der Waals surface area (Å²) in [5, 5.41) is 5.73. The van der Waals surface area contributed by atoms with Gasteiger partial charge in [0, 0.05) is 23.9 Å². The second-order valence-corrected chi connectivity index (χ2v) is 10.2. The fraction of sp³-hybridized carbons (Fsp3) is 0.300. The number of amidine groups is 1. The van der Waals surface area contributed by atoms with Crippen LogP contribution in [-0.2, 0) is 10.0 Å². The molecule has 0 aromatic heterocycles. The molecule has 0 radical (unpaired) electrons. The van der Waals surface area contributed by atoms with Gasteiger partial charge >= 0.3 is 0 Å². The van der Waals surface area contributed by atoms with Crippen molar-refractivity contribution < 1.29 is 8.42 Å². The van der Waals surface area contributed by atoms with Gasteiger partial charge in [-0.3, -0.25) is 5.43 Å². The maximum Gasteiger partial charge on any atom is 0.243 e. The van der Waals surface area contributed by atoms with Gasteiger partial charge in [-0.1, -0.05) is 48.0 Å². The van der Waals surface area contributed by atoms with Crippen LogP contribution >= 0.6 is 23.4 Å². The predicted octanol–water partition coefficient (Wildman–Crippen LogP) is 4.24. The van der Waals surface area contributed by atoms with E-state index in [2.05, 4.69) is 15.5 Å². The number of aliphatic imine (C=N–C) groups is 1. The summed E-state index contributed by atoms with van der Waals surface area (Å²) in [4.78, 5) is 4.83. The van der Waals surface area contributed by atoms with Gasteiger partial charge in [-0.25, -0.2) is 13.4 Å². The number of hydrogen-bond acceptors (Lipinski definition) is 5. The zero-order valence-electron chi connectivity index (χ0n) is 15.7. The fourth-order valence-corrected chi connectivity index (χ4v) is 5.74. The molecular weight excluding hydrogens is 428 g/mol. The number of nitrogens with one attached hydrogen (secondary N) is 1. The number of hydrazone groups is 1. The summed E-state index contributed by atoms with van der Waals surface area (Å²) >= 11 is 7.53. The van der Waals surface area contributed by atoms with E-state index in [0.717, 1.165) is 36.2 Å². The molecule has 29 heavy (non-hydrogen) atoms. The maximum atomic E-state index is 12.8. The van der Waals surface area contributed by atoms with Crippen LogP contribution in [0.1, 0.15) is 24.8 Å². The first kappa shape index (κ1) is 20.4. The third-order valence-corrected chi connectivity index (χ3v) is 7.83. The van der Waals surface area contributed by atoms with Gasteiger partial charge in [-0.15, -0.1) is 0 Å². The summed E-state index contributed by atoms with van der Waals surface area (Å²) in [6.45, 7) is 1.21. The van der Waals surface area contributed by atoms with Crippen molar-refractivity contribution in [2.75, 3.05) is 18.8 Å². The third kappa shape index (κ3) is 4.83. The standard InChI is InChI=1S/C20H21ClN4O2S2/c21-16-5-4-6-17(13-16)22-20-24-23-19(14-28-20)15-7-9-18(10-8-15)29(26,27)25-11-2-1-3-12-25/h4-10,13H,1-3,11-12,14H2,(H,22,24). The van der Waals surface area contributed by atoms with Gasteiger partial charge in [-0.05, 0) is 48.7 Å². The monoisotopic (exact) mass is 448 g/mol. The lowest BCUT2D eigenvalue weighted by Gasteiger charge is -2.26. The number of piperidine rings is 1. The van der Waals surface area contributed by atoms with E-state index in [4.69, 9.17) is 11.6 Å². The normalized spacial score (nSPS) is 19.6. The molecule has 2 aliphatic heterocycles. The number of nitrogens with zero attached hydrogens (tertiary/aromatic N) is 3. The molecule has 2 heterocycles. The summed E-state index contributed by atoms with van der Waals surface area (Å²) in [6.07, 6.45) is 2.95. The van der Waals surface area contributed by atoms with Crippen molar-refractivity contribution in [3.63, 3.8) is 0 Å². The topological polar surface area (TPSA) is 74.1 Å². The molecule has 0 spiro atoms. The van der Waals surface area contributed by atoms with Crippen LogP contribution in [0.15, 0.2) is 63.5 Å². The Labute approximate surface area is 180 Å². The Morgan fingerprint density at radius 2 is 1.83 bits per heavy atom. The predicted molar refractivity (Wildman–Crippen MR) is 120 cm³/mol. The minimum Gasteiger partial charge on any atom is -0.255 e. The van der Waals surface area contributed by atoms with Crippen molar-refractivity contribution >= 4 is 50.0 Å². The minimum atomic E-state index is -3.41. The molecule has 2 aromatic carbocycles. The van der Waals surface area contributed by atoms with Gasteiger partial charge in [0.05, 0.1) is 16.3 Å². The number of sulfonamides is 1. The van der Waals surface area contributed by atoms with Gasteiger partial charge in [-0.2, -0.15) is 9.41 Å². The summed E-state index contributed by atoms with van der Waals surface area (Å²) in [6, 6.07) is 14.3. The first-order valence-corrected chi connectivity index (χ1v) is 12.2. The second-order valence-electron chi connectivity index (χ2n) is 6.84. The van der Waals surface area contributed by atoms with Crippen LogP contribution < -0.4 is 5.43 Å². The van der Waals surface area contributed by atoms with E-state index in [1.165, 1.54) is 11.8 Å². The fourth-order valence-electron chi connectivity index (χ4n) is 3.26. The minimum absolute atomic E-state index is 0.336. The van der Waals surface area contributed by atoms with Crippen molar-refractivity contribution in [3.05, 3.63) is 59.1 Å². The molecule has 0 aliphatic carbocycles. The molecule has 152 valence electrons. The quantitative estimate of drug-likeness (QED) is 0.759. The van der Waals surface area contributed by atoms with Crippen molar-refractivity contribution in [1.29, 1.82) is 0 Å². The zero-order valence-corrected chi connectivity index (χ0v) is 18.1. The Morgan fingerprint density at radius 1 is 1.07 bits per heavy atom. The highest BCUT2D eigenvalue weighted by molar-refractivity contribution is 8.14. The number of halogens is 1. The molecule has 9 heteroatoms. The van der Waals surface area contributed by atoms with E-state index >= 15 is 0 Å². The van der Waals surface area contributed by atoms with Gasteiger partial charge in [0.25, 0.3) is 0 Å². The van der Waals surface area contributed by atoms with Crippen molar-refractivity contribution in [1.82, 2.24) is 9.73 Å². The average molecular weight is 449 g/mol. The van der Waals surface area contributed by atoms with Gasteiger partial charge in [0.15, 0.2) is 5.17 Å². The average Bonchev–Trinajstić information content (AvgIpc) is 2.75. The van der Waals surface area contributed by atoms with E-state index in [9.17, 15) is 8.42 Å². The van der Waals surface area contributed by atoms with Crippen LogP contribution in [0.3, 0.4) is 0 Å². The molecule has 1 N–H and O–H groups in total.